The molecule has 1 atom stereocenters. The summed E-state index contributed by atoms with van der Waals surface area (Å²) >= 11 is 0. The average molecular weight is 180 g/mol. The number of carboxylic acids is 1. The number of carbonyl (C=O) groups excluding carboxylic acids is 1. The lowest BCUT2D eigenvalue weighted by molar-refractivity contribution is -0.142. The molecular formula is C10H12O3. The topological polar surface area (TPSA) is 54.4 Å². The van der Waals surface area contributed by atoms with Gasteiger partial charge in [0.15, 0.2) is 0 Å². The van der Waals surface area contributed by atoms with Gasteiger partial charge in [-0.2, -0.15) is 0 Å². The minimum atomic E-state index is -1.07. The third-order valence-corrected chi connectivity index (χ3v) is 1.26. The fraction of sp³-hybridized carbons (Fsp3) is 0.200. The molecule has 0 aliphatic rings. The summed E-state index contributed by atoms with van der Waals surface area (Å²) in [6, 6.07) is 12.0. The zero-order valence-electron chi connectivity index (χ0n) is 7.38. The van der Waals surface area contributed by atoms with Crippen molar-refractivity contribution in [3.63, 3.8) is 0 Å². The highest BCUT2D eigenvalue weighted by atomic mass is 16.4. The van der Waals surface area contributed by atoms with Crippen LogP contribution >= 0.6 is 0 Å². The first-order chi connectivity index (χ1) is 6.18. The summed E-state index contributed by atoms with van der Waals surface area (Å²) in [4.78, 5) is 19.3. The summed E-state index contributed by atoms with van der Waals surface area (Å²) < 4.78 is 0. The zero-order valence-corrected chi connectivity index (χ0v) is 7.38. The standard InChI is InChI=1S/C6H6.C4H6O3/c1-2-4-6-5-3-1;1-3(2-5)4(6)7/h1-6H;2-3H,1H3,(H,6,7). The number of aliphatic carboxylic acids is 1. The van der Waals surface area contributed by atoms with E-state index in [9.17, 15) is 9.59 Å². The monoisotopic (exact) mass is 180 g/mol. The molecular weight excluding hydrogens is 168 g/mol. The molecule has 0 aliphatic heterocycles. The molecule has 1 aromatic rings. The molecule has 0 bridgehead atoms. The van der Waals surface area contributed by atoms with E-state index < -0.39 is 11.9 Å². The SMILES string of the molecule is CC(C=O)C(=O)O.c1ccccc1. The van der Waals surface area contributed by atoms with Crippen LogP contribution in [0.5, 0.6) is 0 Å². The Morgan fingerprint density at radius 2 is 1.46 bits per heavy atom. The number of carboxylic acid groups (broad SMARTS) is 1. The normalized spacial score (nSPS) is 10.5. The second kappa shape index (κ2) is 7.03. The van der Waals surface area contributed by atoms with Crippen molar-refractivity contribution in [2.24, 2.45) is 5.92 Å². The molecule has 1 N–H and O–H groups in total. The van der Waals surface area contributed by atoms with Crippen molar-refractivity contribution in [1.82, 2.24) is 0 Å². The van der Waals surface area contributed by atoms with E-state index in [0.717, 1.165) is 0 Å². The minimum Gasteiger partial charge on any atom is -0.481 e. The van der Waals surface area contributed by atoms with Crippen LogP contribution in [0, 0.1) is 5.92 Å². The molecule has 1 rings (SSSR count). The largest absolute Gasteiger partial charge is 0.481 e. The van der Waals surface area contributed by atoms with Crippen LogP contribution in [0.3, 0.4) is 0 Å². The molecule has 0 fully saturated rings. The van der Waals surface area contributed by atoms with Gasteiger partial charge in [0.2, 0.25) is 0 Å². The summed E-state index contributed by atoms with van der Waals surface area (Å²) in [6.45, 7) is 1.33. The molecule has 0 heterocycles. The second-order valence-corrected chi connectivity index (χ2v) is 2.42. The van der Waals surface area contributed by atoms with Gasteiger partial charge in [-0.3, -0.25) is 4.79 Å². The number of rotatable bonds is 2. The molecule has 70 valence electrons. The van der Waals surface area contributed by atoms with E-state index in [4.69, 9.17) is 5.11 Å². The maximum atomic E-state index is 9.70. The maximum absolute atomic E-state index is 9.70. The summed E-state index contributed by atoms with van der Waals surface area (Å²) in [6.07, 6.45) is 0.391. The van der Waals surface area contributed by atoms with Crippen LogP contribution < -0.4 is 0 Å². The average Bonchev–Trinajstić information content (AvgIpc) is 2.20. The molecule has 0 radical (unpaired) electrons. The smallest absolute Gasteiger partial charge is 0.313 e. The van der Waals surface area contributed by atoms with Crippen LogP contribution in [-0.2, 0) is 9.59 Å². The van der Waals surface area contributed by atoms with Crippen LogP contribution in [0.4, 0.5) is 0 Å². The highest BCUT2D eigenvalue weighted by molar-refractivity contribution is 5.85. The predicted octanol–water partition coefficient (Wildman–Crippen LogP) is 1.59. The van der Waals surface area contributed by atoms with E-state index in [0.29, 0.717) is 6.29 Å². The molecule has 0 saturated heterocycles. The van der Waals surface area contributed by atoms with E-state index in [2.05, 4.69) is 0 Å². The van der Waals surface area contributed by atoms with Gasteiger partial charge in [-0.1, -0.05) is 36.4 Å². The third-order valence-electron chi connectivity index (χ3n) is 1.26. The summed E-state index contributed by atoms with van der Waals surface area (Å²) in [5.74, 6) is -1.94. The number of hydrogen-bond donors (Lipinski definition) is 1. The van der Waals surface area contributed by atoms with Gasteiger partial charge in [0.05, 0.1) is 0 Å². The molecule has 1 aromatic carbocycles. The lowest BCUT2D eigenvalue weighted by Gasteiger charge is -1.88. The predicted molar refractivity (Wildman–Crippen MR) is 49.3 cm³/mol. The Hall–Kier alpha value is -1.64. The van der Waals surface area contributed by atoms with Crippen molar-refractivity contribution < 1.29 is 14.7 Å². The van der Waals surface area contributed by atoms with Crippen molar-refractivity contribution in [2.45, 2.75) is 6.92 Å². The number of aldehydes is 1. The highest BCUT2D eigenvalue weighted by Gasteiger charge is 2.06. The Kier molecular flexibility index (Phi) is 6.15. The fourth-order valence-electron chi connectivity index (χ4n) is 0.443. The lowest BCUT2D eigenvalue weighted by atomic mass is 10.2. The Labute approximate surface area is 77.0 Å². The van der Waals surface area contributed by atoms with E-state index in [-0.39, 0.29) is 0 Å². The molecule has 0 spiro atoms. The van der Waals surface area contributed by atoms with E-state index >= 15 is 0 Å². The first-order valence-electron chi connectivity index (χ1n) is 3.86. The van der Waals surface area contributed by atoms with Crippen LogP contribution in [0.1, 0.15) is 6.92 Å². The first kappa shape index (κ1) is 11.4. The molecule has 0 saturated carbocycles. The molecule has 0 aliphatic carbocycles. The van der Waals surface area contributed by atoms with Gasteiger partial charge >= 0.3 is 5.97 Å². The zero-order chi connectivity index (χ0) is 10.1. The van der Waals surface area contributed by atoms with Crippen molar-refractivity contribution in [1.29, 1.82) is 0 Å². The highest BCUT2D eigenvalue weighted by Crippen LogP contribution is 1.84. The maximum Gasteiger partial charge on any atom is 0.313 e. The molecule has 3 nitrogen and oxygen atoms in total. The molecule has 0 aromatic heterocycles. The summed E-state index contributed by atoms with van der Waals surface area (Å²) in [7, 11) is 0. The molecule has 0 amide bonds. The molecule has 13 heavy (non-hydrogen) atoms. The van der Waals surface area contributed by atoms with Gasteiger partial charge in [0.25, 0.3) is 0 Å². The molecule has 3 heteroatoms. The third kappa shape index (κ3) is 6.75. The van der Waals surface area contributed by atoms with E-state index in [1.54, 1.807) is 0 Å². The van der Waals surface area contributed by atoms with Gasteiger partial charge in [-0.25, -0.2) is 0 Å². The quantitative estimate of drug-likeness (QED) is 0.555. The van der Waals surface area contributed by atoms with Gasteiger partial charge in [-0.15, -0.1) is 0 Å². The Morgan fingerprint density at radius 3 is 1.54 bits per heavy atom. The second-order valence-electron chi connectivity index (χ2n) is 2.42. The fourth-order valence-corrected chi connectivity index (χ4v) is 0.443. The van der Waals surface area contributed by atoms with Gasteiger partial charge in [-0.05, 0) is 6.92 Å². The van der Waals surface area contributed by atoms with Crippen LogP contribution in [-0.4, -0.2) is 17.4 Å². The van der Waals surface area contributed by atoms with Crippen LogP contribution in [0.25, 0.3) is 0 Å². The van der Waals surface area contributed by atoms with E-state index in [1.165, 1.54) is 6.92 Å². The Balaban J connectivity index is 0.000000223. The summed E-state index contributed by atoms with van der Waals surface area (Å²) in [5, 5.41) is 7.95. The van der Waals surface area contributed by atoms with Crippen molar-refractivity contribution in [3.05, 3.63) is 36.4 Å². The Morgan fingerprint density at radius 1 is 1.15 bits per heavy atom. The lowest BCUT2D eigenvalue weighted by Crippen LogP contribution is -2.09. The van der Waals surface area contributed by atoms with Crippen molar-refractivity contribution in [3.8, 4) is 0 Å². The Bertz CT molecular complexity index is 217. The van der Waals surface area contributed by atoms with Crippen molar-refractivity contribution in [2.75, 3.05) is 0 Å². The summed E-state index contributed by atoms with van der Waals surface area (Å²) in [5.41, 5.74) is 0. The minimum absolute atomic E-state index is 0.391. The molecule has 1 unspecified atom stereocenters. The van der Waals surface area contributed by atoms with Gasteiger partial charge < -0.3 is 9.90 Å². The van der Waals surface area contributed by atoms with Gasteiger partial charge in [0.1, 0.15) is 12.2 Å². The van der Waals surface area contributed by atoms with Crippen LogP contribution in [0.2, 0.25) is 0 Å². The van der Waals surface area contributed by atoms with Crippen molar-refractivity contribution >= 4 is 12.3 Å². The number of benzene rings is 1. The van der Waals surface area contributed by atoms with Gasteiger partial charge in [0, 0.05) is 0 Å². The number of hydrogen-bond acceptors (Lipinski definition) is 2. The van der Waals surface area contributed by atoms with E-state index in [1.807, 2.05) is 36.4 Å². The van der Waals surface area contributed by atoms with Crippen LogP contribution in [0.15, 0.2) is 36.4 Å². The number of carbonyl (C=O) groups is 2. The first-order valence-corrected chi connectivity index (χ1v) is 3.86.